The molecule has 0 fully saturated rings. The van der Waals surface area contributed by atoms with Gasteiger partial charge in [0, 0.05) is 12.4 Å². The summed E-state index contributed by atoms with van der Waals surface area (Å²) in [5.74, 6) is 0.285. The van der Waals surface area contributed by atoms with Gasteiger partial charge in [0.05, 0.1) is 0 Å². The molecule has 0 aliphatic carbocycles. The summed E-state index contributed by atoms with van der Waals surface area (Å²) in [5, 5.41) is 1.95. The molecule has 100 valence electrons. The Balaban J connectivity index is 1.97. The van der Waals surface area contributed by atoms with Crippen LogP contribution < -0.4 is 4.18 Å². The fourth-order valence-corrected chi connectivity index (χ4v) is 2.78. The van der Waals surface area contributed by atoms with E-state index >= 15 is 0 Å². The van der Waals surface area contributed by atoms with Crippen molar-refractivity contribution in [2.45, 2.75) is 4.90 Å². The molecule has 0 N–H and O–H groups in total. The van der Waals surface area contributed by atoms with Crippen LogP contribution in [0.25, 0.3) is 10.8 Å². The Morgan fingerprint density at radius 1 is 0.900 bits per heavy atom. The lowest BCUT2D eigenvalue weighted by atomic mass is 10.1. The molecule has 20 heavy (non-hydrogen) atoms. The second-order valence-corrected chi connectivity index (χ2v) is 5.78. The van der Waals surface area contributed by atoms with E-state index in [-0.39, 0.29) is 10.6 Å². The summed E-state index contributed by atoms with van der Waals surface area (Å²) in [6.07, 6.45) is 2.77. The minimum Gasteiger partial charge on any atom is -0.379 e. The van der Waals surface area contributed by atoms with E-state index in [0.29, 0.717) is 0 Å². The molecule has 0 spiro atoms. The molecule has 0 aliphatic rings. The molecule has 0 atom stereocenters. The smallest absolute Gasteiger partial charge is 0.340 e. The number of hydrogen-bond acceptors (Lipinski definition) is 4. The molecule has 0 unspecified atom stereocenters. The molecule has 1 heterocycles. The standard InChI is InChI=1S/C15H11NO3S/c17-20(18,15-6-3-9-16-11-15)19-14-8-7-12-4-1-2-5-13(12)10-14/h1-11H. The minimum atomic E-state index is -3.84. The Hall–Kier alpha value is -2.40. The van der Waals surface area contributed by atoms with E-state index in [4.69, 9.17) is 4.18 Å². The van der Waals surface area contributed by atoms with Crippen LogP contribution in [0.5, 0.6) is 5.75 Å². The van der Waals surface area contributed by atoms with E-state index in [1.54, 1.807) is 18.2 Å². The lowest BCUT2D eigenvalue weighted by Gasteiger charge is -2.07. The quantitative estimate of drug-likeness (QED) is 0.694. The van der Waals surface area contributed by atoms with Crippen molar-refractivity contribution in [1.82, 2.24) is 4.98 Å². The summed E-state index contributed by atoms with van der Waals surface area (Å²) in [6.45, 7) is 0. The third kappa shape index (κ3) is 2.48. The fourth-order valence-electron chi connectivity index (χ4n) is 1.89. The molecule has 0 saturated carbocycles. The van der Waals surface area contributed by atoms with Crippen molar-refractivity contribution in [3.8, 4) is 5.75 Å². The molecule has 0 saturated heterocycles. The van der Waals surface area contributed by atoms with Crippen LogP contribution in [0, 0.1) is 0 Å². The van der Waals surface area contributed by atoms with Crippen molar-refractivity contribution in [3.05, 3.63) is 67.0 Å². The third-order valence-electron chi connectivity index (χ3n) is 2.85. The van der Waals surface area contributed by atoms with Gasteiger partial charge in [0.1, 0.15) is 10.6 Å². The van der Waals surface area contributed by atoms with Gasteiger partial charge in [0.2, 0.25) is 0 Å². The van der Waals surface area contributed by atoms with E-state index in [1.165, 1.54) is 18.5 Å². The van der Waals surface area contributed by atoms with Gasteiger partial charge >= 0.3 is 10.1 Å². The predicted molar refractivity (Wildman–Crippen MR) is 76.0 cm³/mol. The average molecular weight is 285 g/mol. The maximum atomic E-state index is 12.1. The average Bonchev–Trinajstić information content (AvgIpc) is 2.48. The molecule has 4 nitrogen and oxygen atoms in total. The van der Waals surface area contributed by atoms with Gasteiger partial charge in [-0.05, 0) is 35.0 Å². The first-order valence-electron chi connectivity index (χ1n) is 5.98. The molecule has 1 aromatic heterocycles. The number of benzene rings is 2. The number of aromatic nitrogens is 1. The molecule has 0 amide bonds. The molecule has 0 aliphatic heterocycles. The van der Waals surface area contributed by atoms with E-state index in [2.05, 4.69) is 4.98 Å². The lowest BCUT2D eigenvalue weighted by Crippen LogP contribution is -2.09. The number of rotatable bonds is 3. The van der Waals surface area contributed by atoms with Gasteiger partial charge in [0.25, 0.3) is 0 Å². The van der Waals surface area contributed by atoms with Gasteiger partial charge in [-0.15, -0.1) is 0 Å². The highest BCUT2D eigenvalue weighted by Gasteiger charge is 2.16. The Morgan fingerprint density at radius 3 is 2.45 bits per heavy atom. The topological polar surface area (TPSA) is 56.3 Å². The highest BCUT2D eigenvalue weighted by Crippen LogP contribution is 2.23. The highest BCUT2D eigenvalue weighted by atomic mass is 32.2. The summed E-state index contributed by atoms with van der Waals surface area (Å²) in [7, 11) is -3.84. The summed E-state index contributed by atoms with van der Waals surface area (Å²) in [6, 6.07) is 15.8. The first-order valence-corrected chi connectivity index (χ1v) is 7.39. The third-order valence-corrected chi connectivity index (χ3v) is 4.08. The van der Waals surface area contributed by atoms with Crippen molar-refractivity contribution in [3.63, 3.8) is 0 Å². The van der Waals surface area contributed by atoms with Crippen LogP contribution >= 0.6 is 0 Å². The molecular formula is C15H11NO3S. The van der Waals surface area contributed by atoms with Gasteiger partial charge < -0.3 is 4.18 Å². The Bertz CT molecular complexity index is 845. The maximum Gasteiger partial charge on any atom is 0.340 e. The van der Waals surface area contributed by atoms with Crippen molar-refractivity contribution in [2.75, 3.05) is 0 Å². The lowest BCUT2D eigenvalue weighted by molar-refractivity contribution is 0.486. The van der Waals surface area contributed by atoms with Gasteiger partial charge in [-0.2, -0.15) is 8.42 Å². The van der Waals surface area contributed by atoms with Crippen LogP contribution in [0.1, 0.15) is 0 Å². The molecule has 0 radical (unpaired) electrons. The molecule has 3 rings (SSSR count). The summed E-state index contributed by atoms with van der Waals surface area (Å²) < 4.78 is 29.3. The number of hydrogen-bond donors (Lipinski definition) is 0. The summed E-state index contributed by atoms with van der Waals surface area (Å²) in [5.41, 5.74) is 0. The van der Waals surface area contributed by atoms with Crippen LogP contribution in [0.3, 0.4) is 0 Å². The molecular weight excluding hydrogens is 274 g/mol. The monoisotopic (exact) mass is 285 g/mol. The molecule has 3 aromatic rings. The van der Waals surface area contributed by atoms with Gasteiger partial charge in [-0.1, -0.05) is 30.3 Å². The molecule has 2 aromatic carbocycles. The van der Waals surface area contributed by atoms with Crippen molar-refractivity contribution in [1.29, 1.82) is 0 Å². The van der Waals surface area contributed by atoms with Gasteiger partial charge in [0.15, 0.2) is 0 Å². The maximum absolute atomic E-state index is 12.1. The molecule has 0 bridgehead atoms. The first-order chi connectivity index (χ1) is 9.65. The zero-order valence-electron chi connectivity index (χ0n) is 10.4. The largest absolute Gasteiger partial charge is 0.379 e. The minimum absolute atomic E-state index is 0.0353. The van der Waals surface area contributed by atoms with Gasteiger partial charge in [-0.3, -0.25) is 4.98 Å². The van der Waals surface area contributed by atoms with Crippen LogP contribution in [-0.4, -0.2) is 13.4 Å². The van der Waals surface area contributed by atoms with E-state index in [1.807, 2.05) is 30.3 Å². The van der Waals surface area contributed by atoms with Gasteiger partial charge in [-0.25, -0.2) is 0 Å². The molecule has 5 heteroatoms. The van der Waals surface area contributed by atoms with Crippen molar-refractivity contribution in [2.24, 2.45) is 0 Å². The Labute approximate surface area is 116 Å². The van der Waals surface area contributed by atoms with Crippen LogP contribution in [0.15, 0.2) is 71.9 Å². The fraction of sp³-hybridized carbons (Fsp3) is 0. The second-order valence-electron chi connectivity index (χ2n) is 4.24. The SMILES string of the molecule is O=S(=O)(Oc1ccc2ccccc2c1)c1cccnc1. The Morgan fingerprint density at radius 2 is 1.70 bits per heavy atom. The number of fused-ring (bicyclic) bond motifs is 1. The predicted octanol–water partition coefficient (Wildman–Crippen LogP) is 3.00. The van der Waals surface area contributed by atoms with Crippen molar-refractivity contribution < 1.29 is 12.6 Å². The van der Waals surface area contributed by atoms with Crippen LogP contribution in [-0.2, 0) is 10.1 Å². The number of pyridine rings is 1. The zero-order chi connectivity index (χ0) is 14.0. The van der Waals surface area contributed by atoms with Crippen LogP contribution in [0.4, 0.5) is 0 Å². The van der Waals surface area contributed by atoms with Crippen molar-refractivity contribution >= 4 is 20.9 Å². The highest BCUT2D eigenvalue weighted by molar-refractivity contribution is 7.87. The van der Waals surface area contributed by atoms with E-state index in [0.717, 1.165) is 10.8 Å². The van der Waals surface area contributed by atoms with Crippen LogP contribution in [0.2, 0.25) is 0 Å². The second kappa shape index (κ2) is 4.94. The normalized spacial score (nSPS) is 11.4. The first kappa shape index (κ1) is 12.6. The van der Waals surface area contributed by atoms with E-state index < -0.39 is 10.1 Å². The zero-order valence-corrected chi connectivity index (χ0v) is 11.2. The summed E-state index contributed by atoms with van der Waals surface area (Å²) >= 11 is 0. The number of nitrogens with zero attached hydrogens (tertiary/aromatic N) is 1. The Kier molecular flexibility index (Phi) is 3.12. The summed E-state index contributed by atoms with van der Waals surface area (Å²) in [4.78, 5) is 3.82. The van der Waals surface area contributed by atoms with E-state index in [9.17, 15) is 8.42 Å².